The molecule has 0 spiro atoms. The Morgan fingerprint density at radius 2 is 2.11 bits per heavy atom. The summed E-state index contributed by atoms with van der Waals surface area (Å²) in [7, 11) is -3.33. The summed E-state index contributed by atoms with van der Waals surface area (Å²) in [5, 5.41) is 18.8. The van der Waals surface area contributed by atoms with E-state index in [0.29, 0.717) is 6.42 Å². The Labute approximate surface area is 105 Å². The zero-order valence-electron chi connectivity index (χ0n) is 10.4. The van der Waals surface area contributed by atoms with Crippen molar-refractivity contribution in [3.8, 4) is 0 Å². The fraction of sp³-hybridized carbons (Fsp3) is 0.778. The molecule has 0 bridgehead atoms. The largest absolute Gasteiger partial charge is 0.481 e. The number of tetrazole rings is 1. The summed E-state index contributed by atoms with van der Waals surface area (Å²) in [6, 6.07) is -0.448. The van der Waals surface area contributed by atoms with Gasteiger partial charge in [0, 0.05) is 6.26 Å². The molecule has 2 unspecified atom stereocenters. The number of aliphatic carboxylic acids is 1. The predicted octanol–water partition coefficient (Wildman–Crippen LogP) is 0.204. The van der Waals surface area contributed by atoms with Crippen molar-refractivity contribution in [3.63, 3.8) is 0 Å². The number of sulfone groups is 1. The van der Waals surface area contributed by atoms with Crippen LogP contribution in [0.4, 0.5) is 0 Å². The van der Waals surface area contributed by atoms with Crippen LogP contribution in [0.2, 0.25) is 0 Å². The number of carbonyl (C=O) groups is 1. The van der Waals surface area contributed by atoms with Crippen LogP contribution >= 0.6 is 0 Å². The first-order valence-corrected chi connectivity index (χ1v) is 7.41. The number of nitrogens with zero attached hydrogens (tertiary/aromatic N) is 4. The molecule has 1 heterocycles. The Balaban J connectivity index is 3.11. The number of aromatic nitrogens is 4. The van der Waals surface area contributed by atoms with E-state index < -0.39 is 27.1 Å². The van der Waals surface area contributed by atoms with E-state index in [4.69, 9.17) is 5.11 Å². The van der Waals surface area contributed by atoms with Crippen LogP contribution in [0.5, 0.6) is 0 Å². The van der Waals surface area contributed by atoms with Gasteiger partial charge in [0.15, 0.2) is 15.7 Å². The zero-order valence-corrected chi connectivity index (χ0v) is 11.3. The third kappa shape index (κ3) is 3.25. The molecule has 1 rings (SSSR count). The van der Waals surface area contributed by atoms with Gasteiger partial charge in [0.2, 0.25) is 0 Å². The standard InChI is InChI=1S/C9H16N4O4S/c1-4-7(5-8(14)15)13-9(10-11-12-13)6(2)18(3,16)17/h6-7H,4-5H2,1-3H3,(H,14,15). The normalized spacial score (nSPS) is 15.3. The first-order chi connectivity index (χ1) is 8.27. The fourth-order valence-corrected chi connectivity index (χ4v) is 2.06. The summed E-state index contributed by atoms with van der Waals surface area (Å²) in [5.74, 6) is -0.805. The molecule has 0 fully saturated rings. The van der Waals surface area contributed by atoms with Gasteiger partial charge < -0.3 is 5.11 Å². The molecule has 0 amide bonds. The van der Waals surface area contributed by atoms with Crippen LogP contribution in [0.25, 0.3) is 0 Å². The maximum absolute atomic E-state index is 11.5. The van der Waals surface area contributed by atoms with Crippen LogP contribution in [-0.2, 0) is 14.6 Å². The lowest BCUT2D eigenvalue weighted by atomic mass is 10.1. The Hall–Kier alpha value is -1.51. The van der Waals surface area contributed by atoms with Gasteiger partial charge >= 0.3 is 5.97 Å². The van der Waals surface area contributed by atoms with Crippen molar-refractivity contribution >= 4 is 15.8 Å². The maximum Gasteiger partial charge on any atom is 0.305 e. The Bertz CT molecular complexity index is 524. The Kier molecular flexibility index (Phi) is 4.38. The lowest BCUT2D eigenvalue weighted by Crippen LogP contribution is -2.21. The van der Waals surface area contributed by atoms with Gasteiger partial charge in [-0.3, -0.25) is 4.79 Å². The second-order valence-electron chi connectivity index (χ2n) is 4.11. The number of rotatable bonds is 6. The summed E-state index contributed by atoms with van der Waals surface area (Å²) in [4.78, 5) is 10.7. The lowest BCUT2D eigenvalue weighted by Gasteiger charge is -2.16. The molecule has 0 saturated heterocycles. The highest BCUT2D eigenvalue weighted by Crippen LogP contribution is 2.23. The van der Waals surface area contributed by atoms with Crippen molar-refractivity contribution in [2.75, 3.05) is 6.26 Å². The molecule has 1 aromatic rings. The maximum atomic E-state index is 11.5. The van der Waals surface area contributed by atoms with E-state index in [9.17, 15) is 13.2 Å². The van der Waals surface area contributed by atoms with Crippen LogP contribution in [0, 0.1) is 0 Å². The number of carboxylic acid groups (broad SMARTS) is 1. The van der Waals surface area contributed by atoms with Gasteiger partial charge in [-0.1, -0.05) is 6.92 Å². The molecule has 0 aromatic carbocycles. The second-order valence-corrected chi connectivity index (χ2v) is 6.48. The topological polar surface area (TPSA) is 115 Å². The summed E-state index contributed by atoms with van der Waals surface area (Å²) in [6.07, 6.45) is 1.45. The van der Waals surface area contributed by atoms with E-state index >= 15 is 0 Å². The molecule has 18 heavy (non-hydrogen) atoms. The molecule has 1 N–H and O–H groups in total. The summed E-state index contributed by atoms with van der Waals surface area (Å²) >= 11 is 0. The average Bonchev–Trinajstić information content (AvgIpc) is 2.71. The van der Waals surface area contributed by atoms with Crippen LogP contribution in [0.15, 0.2) is 0 Å². The molecule has 0 radical (unpaired) electrons. The first-order valence-electron chi connectivity index (χ1n) is 5.45. The monoisotopic (exact) mass is 276 g/mol. The van der Waals surface area contributed by atoms with Crippen LogP contribution in [0.1, 0.15) is 43.8 Å². The van der Waals surface area contributed by atoms with E-state index in [2.05, 4.69) is 15.5 Å². The number of hydrogen-bond donors (Lipinski definition) is 1. The van der Waals surface area contributed by atoms with E-state index in [1.54, 1.807) is 6.92 Å². The number of carboxylic acids is 1. The van der Waals surface area contributed by atoms with Gasteiger partial charge in [-0.15, -0.1) is 5.10 Å². The van der Waals surface area contributed by atoms with Crippen LogP contribution < -0.4 is 0 Å². The molecule has 0 aliphatic heterocycles. The minimum atomic E-state index is -3.33. The van der Waals surface area contributed by atoms with E-state index in [1.165, 1.54) is 11.6 Å². The van der Waals surface area contributed by atoms with Crippen LogP contribution in [0.3, 0.4) is 0 Å². The van der Waals surface area contributed by atoms with Crippen molar-refractivity contribution < 1.29 is 18.3 Å². The molecule has 8 nitrogen and oxygen atoms in total. The molecule has 0 aliphatic carbocycles. The fourth-order valence-electron chi connectivity index (χ4n) is 1.53. The summed E-state index contributed by atoms with van der Waals surface area (Å²) < 4.78 is 24.3. The zero-order chi connectivity index (χ0) is 13.9. The third-order valence-corrected chi connectivity index (χ3v) is 4.25. The van der Waals surface area contributed by atoms with E-state index in [-0.39, 0.29) is 12.2 Å². The predicted molar refractivity (Wildman–Crippen MR) is 62.7 cm³/mol. The van der Waals surface area contributed by atoms with Crippen molar-refractivity contribution in [1.29, 1.82) is 0 Å². The van der Waals surface area contributed by atoms with Crippen molar-refractivity contribution in [2.45, 2.75) is 38.0 Å². The van der Waals surface area contributed by atoms with Crippen molar-refractivity contribution in [2.24, 2.45) is 0 Å². The third-order valence-electron chi connectivity index (χ3n) is 2.75. The number of hydrogen-bond acceptors (Lipinski definition) is 6. The molecule has 0 saturated carbocycles. The molecule has 1 aromatic heterocycles. The first kappa shape index (κ1) is 14.6. The van der Waals surface area contributed by atoms with Crippen LogP contribution in [-0.4, -0.2) is 46.0 Å². The van der Waals surface area contributed by atoms with E-state index in [1.807, 2.05) is 0 Å². The van der Waals surface area contributed by atoms with Crippen molar-refractivity contribution in [3.05, 3.63) is 5.82 Å². The van der Waals surface area contributed by atoms with Gasteiger partial charge in [-0.2, -0.15) is 0 Å². The smallest absolute Gasteiger partial charge is 0.305 e. The molecule has 0 aliphatic rings. The quantitative estimate of drug-likeness (QED) is 0.789. The molecule has 9 heteroatoms. The highest BCUT2D eigenvalue weighted by Gasteiger charge is 2.27. The summed E-state index contributed by atoms with van der Waals surface area (Å²) in [6.45, 7) is 3.27. The second kappa shape index (κ2) is 5.42. The highest BCUT2D eigenvalue weighted by molar-refractivity contribution is 7.90. The summed E-state index contributed by atoms with van der Waals surface area (Å²) in [5.41, 5.74) is 0. The van der Waals surface area contributed by atoms with E-state index in [0.717, 1.165) is 6.26 Å². The minimum Gasteiger partial charge on any atom is -0.481 e. The minimum absolute atomic E-state index is 0.148. The average molecular weight is 276 g/mol. The molecular weight excluding hydrogens is 260 g/mol. The Morgan fingerprint density at radius 3 is 2.56 bits per heavy atom. The SMILES string of the molecule is CCC(CC(=O)O)n1nnnc1C(C)S(C)(=O)=O. The van der Waals surface area contributed by atoms with Crippen molar-refractivity contribution in [1.82, 2.24) is 20.2 Å². The van der Waals surface area contributed by atoms with Gasteiger partial charge in [-0.05, 0) is 23.8 Å². The molecule has 2 atom stereocenters. The van der Waals surface area contributed by atoms with Gasteiger partial charge in [0.25, 0.3) is 0 Å². The van der Waals surface area contributed by atoms with Gasteiger partial charge in [0.1, 0.15) is 5.25 Å². The molecule has 102 valence electrons. The van der Waals surface area contributed by atoms with Gasteiger partial charge in [-0.25, -0.2) is 13.1 Å². The molecular formula is C9H16N4O4S. The lowest BCUT2D eigenvalue weighted by molar-refractivity contribution is -0.138. The highest BCUT2D eigenvalue weighted by atomic mass is 32.2. The van der Waals surface area contributed by atoms with Gasteiger partial charge in [0.05, 0.1) is 12.5 Å². The Morgan fingerprint density at radius 1 is 1.50 bits per heavy atom.